The Morgan fingerprint density at radius 2 is 1.95 bits per heavy atom. The topological polar surface area (TPSA) is 135 Å². The van der Waals surface area contributed by atoms with E-state index in [1.807, 2.05) is 0 Å². The Labute approximate surface area is 120 Å². The molecule has 0 spiro atoms. The van der Waals surface area contributed by atoms with Crippen LogP contribution in [0.25, 0.3) is 0 Å². The van der Waals surface area contributed by atoms with E-state index in [2.05, 4.69) is 0 Å². The second kappa shape index (κ2) is 5.75. The van der Waals surface area contributed by atoms with Crippen LogP contribution in [0.2, 0.25) is 0 Å². The highest BCUT2D eigenvalue weighted by Gasteiger charge is 2.45. The van der Waals surface area contributed by atoms with E-state index in [4.69, 9.17) is 9.79 Å². The van der Waals surface area contributed by atoms with Crippen molar-refractivity contribution in [1.82, 2.24) is 10.0 Å². The zero-order chi connectivity index (χ0) is 15.8. The number of carboxylic acid groups (broad SMARTS) is 1. The summed E-state index contributed by atoms with van der Waals surface area (Å²) >= 11 is 0. The van der Waals surface area contributed by atoms with Crippen molar-refractivity contribution in [3.05, 3.63) is 0 Å². The molecule has 2 aliphatic rings. The largest absolute Gasteiger partial charge is 0.480 e. The molecule has 2 saturated heterocycles. The molecule has 2 fully saturated rings. The third-order valence-corrected chi connectivity index (χ3v) is 4.63. The van der Waals surface area contributed by atoms with Crippen molar-refractivity contribution in [3.63, 3.8) is 0 Å². The van der Waals surface area contributed by atoms with Gasteiger partial charge in [-0.2, -0.15) is 0 Å². The molecule has 10 heteroatoms. The maximum atomic E-state index is 12.4. The van der Waals surface area contributed by atoms with Crippen LogP contribution in [0.1, 0.15) is 25.7 Å². The van der Waals surface area contributed by atoms with Gasteiger partial charge >= 0.3 is 13.6 Å². The Bertz CT molecular complexity index is 517. The van der Waals surface area contributed by atoms with Crippen molar-refractivity contribution in [2.75, 3.05) is 12.7 Å². The van der Waals surface area contributed by atoms with Gasteiger partial charge in [-0.25, -0.2) is 9.80 Å². The molecule has 3 N–H and O–H groups in total. The summed E-state index contributed by atoms with van der Waals surface area (Å²) in [5.41, 5.74) is 0. The molecule has 0 unspecified atom stereocenters. The minimum atomic E-state index is -4.43. The average molecular weight is 320 g/mol. The van der Waals surface area contributed by atoms with Crippen LogP contribution in [0.5, 0.6) is 0 Å². The number of carbonyl (C=O) groups is 3. The molecule has 2 aliphatic heterocycles. The van der Waals surface area contributed by atoms with Gasteiger partial charge < -0.3 is 14.9 Å². The Kier molecular flexibility index (Phi) is 4.36. The number of amides is 2. The van der Waals surface area contributed by atoms with E-state index in [-0.39, 0.29) is 31.7 Å². The van der Waals surface area contributed by atoms with Crippen molar-refractivity contribution in [2.24, 2.45) is 5.92 Å². The quantitative estimate of drug-likeness (QED) is 0.590. The van der Waals surface area contributed by atoms with E-state index < -0.39 is 37.6 Å². The normalized spacial score (nSPS) is 27.3. The molecule has 0 aromatic rings. The Balaban J connectivity index is 2.32. The first kappa shape index (κ1) is 15.9. The molecular weight excluding hydrogens is 303 g/mol. The number of nitrogens with zero attached hydrogens (tertiary/aromatic N) is 2. The second-order valence-corrected chi connectivity index (χ2v) is 6.97. The van der Waals surface area contributed by atoms with Crippen LogP contribution in [0, 0.1) is 5.92 Å². The monoisotopic (exact) mass is 320 g/mol. The van der Waals surface area contributed by atoms with E-state index in [0.717, 1.165) is 10.0 Å². The maximum absolute atomic E-state index is 12.4. The fraction of sp³-hybridized carbons (Fsp3) is 0.727. The summed E-state index contributed by atoms with van der Waals surface area (Å²) in [7, 11) is -4.43. The standard InChI is InChI=1S/C11H17N2O7P/c14-9-4-3-7(6-21(18,19)20)10(15)13-8(11(16)17)2-1-5-12(9)13/h7-8H,1-6H2,(H,16,17)(H2,18,19,20)/t7-,8+/m1/s1. The number of fused-ring (bicyclic) bond motifs is 1. The highest BCUT2D eigenvalue weighted by atomic mass is 31.2. The third-order valence-electron chi connectivity index (χ3n) is 3.72. The first-order valence-electron chi connectivity index (χ1n) is 6.61. The van der Waals surface area contributed by atoms with E-state index in [1.165, 1.54) is 0 Å². The molecule has 2 heterocycles. The summed E-state index contributed by atoms with van der Waals surface area (Å²) in [5, 5.41) is 11.2. The Morgan fingerprint density at radius 1 is 1.29 bits per heavy atom. The summed E-state index contributed by atoms with van der Waals surface area (Å²) in [4.78, 5) is 53.8. The molecule has 0 bridgehead atoms. The number of rotatable bonds is 3. The highest BCUT2D eigenvalue weighted by Crippen LogP contribution is 2.40. The first-order chi connectivity index (χ1) is 9.70. The summed E-state index contributed by atoms with van der Waals surface area (Å²) in [6.45, 7) is 0.247. The van der Waals surface area contributed by atoms with E-state index in [9.17, 15) is 24.1 Å². The predicted molar refractivity (Wildman–Crippen MR) is 68.9 cm³/mol. The van der Waals surface area contributed by atoms with Crippen molar-refractivity contribution < 1.29 is 33.8 Å². The van der Waals surface area contributed by atoms with Crippen molar-refractivity contribution in [3.8, 4) is 0 Å². The van der Waals surface area contributed by atoms with Crippen molar-refractivity contribution in [1.29, 1.82) is 0 Å². The van der Waals surface area contributed by atoms with Crippen LogP contribution in [0.15, 0.2) is 0 Å². The second-order valence-electron chi connectivity index (χ2n) is 5.28. The maximum Gasteiger partial charge on any atom is 0.328 e. The number of hydrazine groups is 1. The van der Waals surface area contributed by atoms with Gasteiger partial charge in [0.05, 0.1) is 12.1 Å². The van der Waals surface area contributed by atoms with E-state index >= 15 is 0 Å². The van der Waals surface area contributed by atoms with Crippen LogP contribution in [-0.4, -0.2) is 61.4 Å². The van der Waals surface area contributed by atoms with Crippen LogP contribution < -0.4 is 0 Å². The van der Waals surface area contributed by atoms with Crippen LogP contribution in [0.4, 0.5) is 0 Å². The molecule has 118 valence electrons. The molecule has 21 heavy (non-hydrogen) atoms. The fourth-order valence-corrected chi connectivity index (χ4v) is 3.68. The van der Waals surface area contributed by atoms with E-state index in [1.54, 1.807) is 0 Å². The van der Waals surface area contributed by atoms with Crippen LogP contribution >= 0.6 is 7.60 Å². The molecule has 9 nitrogen and oxygen atoms in total. The average Bonchev–Trinajstić information content (AvgIpc) is 2.49. The van der Waals surface area contributed by atoms with Gasteiger partial charge in [0.25, 0.3) is 0 Å². The molecule has 2 amide bonds. The van der Waals surface area contributed by atoms with Gasteiger partial charge in [-0.1, -0.05) is 0 Å². The smallest absolute Gasteiger partial charge is 0.328 e. The lowest BCUT2D eigenvalue weighted by molar-refractivity contribution is -0.181. The number of aliphatic carboxylic acids is 1. The van der Waals surface area contributed by atoms with Gasteiger partial charge in [0.2, 0.25) is 11.8 Å². The molecule has 2 atom stereocenters. The number of hydrogen-bond acceptors (Lipinski definition) is 4. The molecule has 0 radical (unpaired) electrons. The van der Waals surface area contributed by atoms with Gasteiger partial charge in [-0.3, -0.25) is 19.2 Å². The molecule has 2 rings (SSSR count). The molecular formula is C11H17N2O7P. The van der Waals surface area contributed by atoms with Crippen molar-refractivity contribution in [2.45, 2.75) is 31.7 Å². The number of hydrogen-bond donors (Lipinski definition) is 3. The molecule has 0 saturated carbocycles. The lowest BCUT2D eigenvalue weighted by Crippen LogP contribution is -2.60. The van der Waals surface area contributed by atoms with Gasteiger partial charge in [0, 0.05) is 13.0 Å². The predicted octanol–water partition coefficient (Wildman–Crippen LogP) is -0.607. The van der Waals surface area contributed by atoms with Crippen LogP contribution in [0.3, 0.4) is 0 Å². The fourth-order valence-electron chi connectivity index (χ4n) is 2.77. The SMILES string of the molecule is O=C(O)[C@@H]1CCCN2C(=O)CC[C@H](CP(=O)(O)O)C(=O)N12. The lowest BCUT2D eigenvalue weighted by Gasteiger charge is -2.41. The Hall–Kier alpha value is -1.44. The number of carbonyl (C=O) groups excluding carboxylic acids is 2. The summed E-state index contributed by atoms with van der Waals surface area (Å²) in [5.74, 6) is -3.35. The molecule has 0 aromatic carbocycles. The summed E-state index contributed by atoms with van der Waals surface area (Å²) < 4.78 is 11.1. The van der Waals surface area contributed by atoms with Gasteiger partial charge in [0.1, 0.15) is 0 Å². The zero-order valence-corrected chi connectivity index (χ0v) is 12.1. The van der Waals surface area contributed by atoms with Gasteiger partial charge in [0.15, 0.2) is 6.04 Å². The van der Waals surface area contributed by atoms with Crippen LogP contribution in [-0.2, 0) is 18.9 Å². The zero-order valence-electron chi connectivity index (χ0n) is 11.2. The minimum absolute atomic E-state index is 0.0160. The highest BCUT2D eigenvalue weighted by molar-refractivity contribution is 7.51. The van der Waals surface area contributed by atoms with Gasteiger partial charge in [-0.05, 0) is 19.3 Å². The summed E-state index contributed by atoms with van der Waals surface area (Å²) in [6.07, 6.45) is 0.000282. The Morgan fingerprint density at radius 3 is 2.52 bits per heavy atom. The van der Waals surface area contributed by atoms with E-state index in [0.29, 0.717) is 6.42 Å². The number of carboxylic acids is 1. The minimum Gasteiger partial charge on any atom is -0.480 e. The summed E-state index contributed by atoms with van der Waals surface area (Å²) in [6, 6.07) is -1.16. The lowest BCUT2D eigenvalue weighted by atomic mass is 10.0. The first-order valence-corrected chi connectivity index (χ1v) is 8.41. The molecule has 0 aliphatic carbocycles. The van der Waals surface area contributed by atoms with Gasteiger partial charge in [-0.15, -0.1) is 0 Å². The third kappa shape index (κ3) is 3.42. The van der Waals surface area contributed by atoms with Crippen molar-refractivity contribution >= 4 is 25.4 Å². The molecule has 0 aromatic heterocycles.